The van der Waals surface area contributed by atoms with Gasteiger partial charge in [0.25, 0.3) is 5.56 Å². The highest BCUT2D eigenvalue weighted by Crippen LogP contribution is 2.26. The average molecular weight is 438 g/mol. The minimum Gasteiger partial charge on any atom is -0.444 e. The first-order chi connectivity index (χ1) is 14.6. The molecule has 3 N–H and O–H groups in total. The first kappa shape index (κ1) is 21.4. The summed E-state index contributed by atoms with van der Waals surface area (Å²) in [6, 6.07) is 1.45. The largest absolute Gasteiger partial charge is 0.444 e. The summed E-state index contributed by atoms with van der Waals surface area (Å²) in [6.07, 6.45) is 12.6. The number of carbonyl (C=O) groups is 1. The molecule has 0 spiro atoms. The van der Waals surface area contributed by atoms with Gasteiger partial charge in [0.05, 0.1) is 18.4 Å². The quantitative estimate of drug-likeness (QED) is 0.654. The van der Waals surface area contributed by atoms with E-state index in [-0.39, 0.29) is 23.3 Å². The smallest absolute Gasteiger partial charge is 0.407 e. The maximum Gasteiger partial charge on any atom is 0.407 e. The van der Waals surface area contributed by atoms with Crippen molar-refractivity contribution >= 4 is 23.4 Å². The molecule has 166 valence electrons. The Hall–Kier alpha value is -1.80. The molecule has 1 aliphatic heterocycles. The van der Waals surface area contributed by atoms with Gasteiger partial charge in [-0.15, -0.1) is 0 Å². The summed E-state index contributed by atoms with van der Waals surface area (Å²) >= 11 is 6.08. The number of alkyl carbamates (subject to hydrolysis) is 1. The second kappa shape index (κ2) is 10.0. The van der Waals surface area contributed by atoms with Crippen molar-refractivity contribution in [2.45, 2.75) is 88.4 Å². The molecule has 0 radical (unpaired) electrons. The third-order valence-corrected chi connectivity index (χ3v) is 7.03. The predicted molar refractivity (Wildman–Crippen MR) is 116 cm³/mol. The van der Waals surface area contributed by atoms with E-state index in [4.69, 9.17) is 16.3 Å². The fourth-order valence-corrected chi connectivity index (χ4v) is 5.21. The molecule has 9 heteroatoms. The first-order valence-corrected chi connectivity index (χ1v) is 11.7. The normalized spacial score (nSPS) is 27.8. The minimum atomic E-state index is -0.412. The molecular weight excluding hydrogens is 406 g/mol. The third kappa shape index (κ3) is 5.46. The zero-order valence-electron chi connectivity index (χ0n) is 17.4. The van der Waals surface area contributed by atoms with Crippen molar-refractivity contribution in [1.82, 2.24) is 20.8 Å². The SMILES string of the molecule is O=C(N[C@H]1CC[C@@H](NC2CCCCC2)CC1)O[C@@H]1CCN(c2cn[nH]c(=O)c2Cl)C1. The van der Waals surface area contributed by atoms with E-state index in [1.807, 2.05) is 4.90 Å². The number of nitrogens with zero attached hydrogens (tertiary/aromatic N) is 2. The molecule has 4 rings (SSSR count). The number of amides is 1. The first-order valence-electron chi connectivity index (χ1n) is 11.3. The molecule has 3 aliphatic rings. The standard InChI is InChI=1S/C21H32ClN5O3/c22-19-18(12-23-26-20(19)28)27-11-10-17(13-27)30-21(29)25-16-8-6-15(7-9-16)24-14-4-2-1-3-5-14/h12,14-17,24H,1-11,13H2,(H,25,29)(H,26,28)/t15-,16+,17-/m1/s1. The number of aromatic nitrogens is 2. The number of rotatable bonds is 5. The van der Waals surface area contributed by atoms with Crippen LogP contribution in [-0.4, -0.2) is 53.6 Å². The fraction of sp³-hybridized carbons (Fsp3) is 0.762. The summed E-state index contributed by atoms with van der Waals surface area (Å²) in [6.45, 7) is 1.18. The van der Waals surface area contributed by atoms with E-state index in [0.29, 0.717) is 37.3 Å². The molecule has 1 aromatic rings. The second-order valence-electron chi connectivity index (χ2n) is 8.85. The Balaban J connectivity index is 1.17. The summed E-state index contributed by atoms with van der Waals surface area (Å²) in [5, 5.41) is 13.1. The summed E-state index contributed by atoms with van der Waals surface area (Å²) in [7, 11) is 0. The van der Waals surface area contributed by atoms with Crippen LogP contribution in [0.2, 0.25) is 5.02 Å². The molecule has 8 nitrogen and oxygen atoms in total. The summed E-state index contributed by atoms with van der Waals surface area (Å²) in [5.74, 6) is 0. The lowest BCUT2D eigenvalue weighted by Gasteiger charge is -2.33. The predicted octanol–water partition coefficient (Wildman–Crippen LogP) is 2.96. The summed E-state index contributed by atoms with van der Waals surface area (Å²) < 4.78 is 5.63. The van der Waals surface area contributed by atoms with E-state index >= 15 is 0 Å². The van der Waals surface area contributed by atoms with Crippen molar-refractivity contribution in [2.75, 3.05) is 18.0 Å². The molecule has 1 aromatic heterocycles. The number of ether oxygens (including phenoxy) is 1. The van der Waals surface area contributed by atoms with E-state index in [0.717, 1.165) is 25.7 Å². The van der Waals surface area contributed by atoms with Gasteiger partial charge < -0.3 is 20.3 Å². The molecule has 1 saturated heterocycles. The van der Waals surface area contributed by atoms with Crippen LogP contribution >= 0.6 is 11.6 Å². The topological polar surface area (TPSA) is 99.3 Å². The molecule has 1 atom stereocenters. The second-order valence-corrected chi connectivity index (χ2v) is 9.23. The molecule has 2 aliphatic carbocycles. The molecular formula is C21H32ClN5O3. The number of anilines is 1. The monoisotopic (exact) mass is 437 g/mol. The highest BCUT2D eigenvalue weighted by Gasteiger charge is 2.30. The van der Waals surface area contributed by atoms with Gasteiger partial charge >= 0.3 is 6.09 Å². The summed E-state index contributed by atoms with van der Waals surface area (Å²) in [4.78, 5) is 25.9. The van der Waals surface area contributed by atoms with Gasteiger partial charge in [-0.3, -0.25) is 4.79 Å². The number of carbonyl (C=O) groups excluding carboxylic acids is 1. The van der Waals surface area contributed by atoms with Gasteiger partial charge in [-0.2, -0.15) is 5.10 Å². The highest BCUT2D eigenvalue weighted by molar-refractivity contribution is 6.33. The minimum absolute atomic E-state index is 0.119. The molecule has 3 fully saturated rings. The zero-order chi connectivity index (χ0) is 20.9. The number of nitrogens with one attached hydrogen (secondary N) is 3. The average Bonchev–Trinajstić information content (AvgIpc) is 3.20. The van der Waals surface area contributed by atoms with E-state index in [1.165, 1.54) is 38.3 Å². The van der Waals surface area contributed by atoms with Crippen molar-refractivity contribution in [2.24, 2.45) is 0 Å². The maximum absolute atomic E-state index is 12.4. The Bertz CT molecular complexity index is 774. The Morgan fingerprint density at radius 2 is 1.77 bits per heavy atom. The van der Waals surface area contributed by atoms with Crippen LogP contribution in [0.15, 0.2) is 11.0 Å². The van der Waals surface area contributed by atoms with Crippen LogP contribution in [0.4, 0.5) is 10.5 Å². The van der Waals surface area contributed by atoms with Crippen molar-refractivity contribution in [3.63, 3.8) is 0 Å². The van der Waals surface area contributed by atoms with Crippen molar-refractivity contribution in [1.29, 1.82) is 0 Å². The lowest BCUT2D eigenvalue weighted by atomic mass is 9.88. The third-order valence-electron chi connectivity index (χ3n) is 6.66. The van der Waals surface area contributed by atoms with Gasteiger partial charge in [0.2, 0.25) is 0 Å². The number of aromatic amines is 1. The Morgan fingerprint density at radius 1 is 1.07 bits per heavy atom. The molecule has 2 saturated carbocycles. The maximum atomic E-state index is 12.4. The highest BCUT2D eigenvalue weighted by atomic mass is 35.5. The molecule has 0 bridgehead atoms. The Labute approximate surface area is 182 Å². The lowest BCUT2D eigenvalue weighted by molar-refractivity contribution is 0.102. The van der Waals surface area contributed by atoms with E-state index in [1.54, 1.807) is 0 Å². The van der Waals surface area contributed by atoms with Crippen LogP contribution in [0, 0.1) is 0 Å². The molecule has 0 aromatic carbocycles. The van der Waals surface area contributed by atoms with Gasteiger partial charge in [-0.05, 0) is 38.5 Å². The lowest BCUT2D eigenvalue weighted by Crippen LogP contribution is -2.46. The van der Waals surface area contributed by atoms with Crippen LogP contribution < -0.4 is 21.1 Å². The number of halogens is 1. The molecule has 2 heterocycles. The van der Waals surface area contributed by atoms with Gasteiger partial charge in [0.1, 0.15) is 11.1 Å². The number of hydrogen-bond acceptors (Lipinski definition) is 6. The summed E-state index contributed by atoms with van der Waals surface area (Å²) in [5.41, 5.74) is 0.167. The van der Waals surface area contributed by atoms with Crippen LogP contribution in [0.25, 0.3) is 0 Å². The van der Waals surface area contributed by atoms with E-state index < -0.39 is 5.56 Å². The number of H-pyrrole nitrogens is 1. The van der Waals surface area contributed by atoms with Gasteiger partial charge in [0.15, 0.2) is 0 Å². The Kier molecular flexibility index (Phi) is 7.15. The van der Waals surface area contributed by atoms with E-state index in [2.05, 4.69) is 20.8 Å². The zero-order valence-corrected chi connectivity index (χ0v) is 18.1. The fourth-order valence-electron chi connectivity index (χ4n) is 5.00. The van der Waals surface area contributed by atoms with Crippen molar-refractivity contribution in [3.05, 3.63) is 21.6 Å². The van der Waals surface area contributed by atoms with Crippen LogP contribution in [0.1, 0.15) is 64.2 Å². The van der Waals surface area contributed by atoms with Gasteiger partial charge in [0, 0.05) is 31.1 Å². The van der Waals surface area contributed by atoms with Gasteiger partial charge in [-0.25, -0.2) is 9.89 Å². The van der Waals surface area contributed by atoms with Gasteiger partial charge in [-0.1, -0.05) is 30.9 Å². The van der Waals surface area contributed by atoms with Crippen LogP contribution in [-0.2, 0) is 4.74 Å². The van der Waals surface area contributed by atoms with Crippen molar-refractivity contribution in [3.8, 4) is 0 Å². The Morgan fingerprint density at radius 3 is 2.53 bits per heavy atom. The van der Waals surface area contributed by atoms with Crippen LogP contribution in [0.3, 0.4) is 0 Å². The molecule has 0 unspecified atom stereocenters. The molecule has 1 amide bonds. The van der Waals surface area contributed by atoms with Crippen LogP contribution in [0.5, 0.6) is 0 Å². The number of hydrogen-bond donors (Lipinski definition) is 3. The van der Waals surface area contributed by atoms with Crippen molar-refractivity contribution < 1.29 is 9.53 Å². The molecule has 30 heavy (non-hydrogen) atoms. The van der Waals surface area contributed by atoms with E-state index in [9.17, 15) is 9.59 Å².